The molecule has 0 aromatic heterocycles. The first-order chi connectivity index (χ1) is 14.3. The smallest absolute Gasteiger partial charge is 0.337 e. The zero-order valence-corrected chi connectivity index (χ0v) is 16.6. The van der Waals surface area contributed by atoms with Gasteiger partial charge >= 0.3 is 17.9 Å². The molecule has 0 saturated heterocycles. The quantitative estimate of drug-likeness (QED) is 0.319. The summed E-state index contributed by atoms with van der Waals surface area (Å²) in [6.45, 7) is -0.711. The van der Waals surface area contributed by atoms with Gasteiger partial charge in [-0.2, -0.15) is 0 Å². The Hall–Kier alpha value is -3.78. The van der Waals surface area contributed by atoms with Gasteiger partial charge in [0.05, 0.1) is 38.0 Å². The molecular formula is C22H20O8. The number of rotatable bonds is 7. The number of carbonyl (C=O) groups is 4. The molecule has 2 rings (SSSR count). The number of methoxy groups -OCH3 is 3. The van der Waals surface area contributed by atoms with Crippen molar-refractivity contribution in [3.63, 3.8) is 0 Å². The monoisotopic (exact) mass is 412 g/mol. The minimum Gasteiger partial charge on any atom is -0.465 e. The van der Waals surface area contributed by atoms with Crippen LogP contribution in [0.4, 0.5) is 0 Å². The zero-order chi connectivity index (χ0) is 22.3. The van der Waals surface area contributed by atoms with E-state index in [1.165, 1.54) is 57.7 Å². The second-order valence-corrected chi connectivity index (χ2v) is 6.08. The van der Waals surface area contributed by atoms with Crippen LogP contribution >= 0.6 is 0 Å². The number of hydrogen-bond acceptors (Lipinski definition) is 8. The first kappa shape index (κ1) is 22.5. The molecule has 0 atom stereocenters. The van der Waals surface area contributed by atoms with E-state index in [0.29, 0.717) is 11.1 Å². The number of Topliss-reactive ketones (excluding diaryl/α,β-unsaturated/α-hetero) is 1. The summed E-state index contributed by atoms with van der Waals surface area (Å²) in [5, 5.41) is 9.11. The van der Waals surface area contributed by atoms with Crippen LogP contribution in [0.15, 0.2) is 36.4 Å². The van der Waals surface area contributed by atoms with Gasteiger partial charge in [0.15, 0.2) is 5.78 Å². The van der Waals surface area contributed by atoms with Gasteiger partial charge in [-0.05, 0) is 47.5 Å². The van der Waals surface area contributed by atoms with Crippen molar-refractivity contribution in [2.24, 2.45) is 0 Å². The van der Waals surface area contributed by atoms with Crippen LogP contribution < -0.4 is 0 Å². The summed E-state index contributed by atoms with van der Waals surface area (Å²) in [4.78, 5) is 47.6. The van der Waals surface area contributed by atoms with Crippen molar-refractivity contribution in [3.8, 4) is 0 Å². The molecular weight excluding hydrogens is 392 g/mol. The standard InChI is InChI=1S/C22H20O8/c1-28-20(25)16-7-13(6-15(10-16)19(24)12-23)4-5-14-8-17(21(26)29-2)11-18(9-14)22(27)30-3/h4-11,23H,12H2,1-3H3/b5-4+. The number of hydrogen-bond donors (Lipinski definition) is 1. The second kappa shape index (κ2) is 10.1. The lowest BCUT2D eigenvalue weighted by atomic mass is 10.0. The number of ether oxygens (including phenoxy) is 3. The molecule has 0 aliphatic rings. The predicted octanol–water partition coefficient (Wildman–Crippen LogP) is 2.39. The van der Waals surface area contributed by atoms with Crippen molar-refractivity contribution in [2.75, 3.05) is 27.9 Å². The second-order valence-electron chi connectivity index (χ2n) is 6.08. The number of esters is 3. The van der Waals surface area contributed by atoms with Gasteiger partial charge in [0, 0.05) is 5.56 Å². The molecule has 0 aliphatic carbocycles. The van der Waals surface area contributed by atoms with E-state index in [0.717, 1.165) is 0 Å². The lowest BCUT2D eigenvalue weighted by Crippen LogP contribution is -2.08. The Kier molecular flexibility index (Phi) is 7.60. The average Bonchev–Trinajstić information content (AvgIpc) is 2.79. The van der Waals surface area contributed by atoms with Gasteiger partial charge in [-0.1, -0.05) is 12.2 Å². The molecule has 2 aromatic rings. The molecule has 30 heavy (non-hydrogen) atoms. The number of aliphatic hydroxyl groups is 1. The lowest BCUT2D eigenvalue weighted by Gasteiger charge is -2.07. The van der Waals surface area contributed by atoms with Gasteiger partial charge < -0.3 is 19.3 Å². The summed E-state index contributed by atoms with van der Waals surface area (Å²) in [7, 11) is 3.66. The summed E-state index contributed by atoms with van der Waals surface area (Å²) < 4.78 is 14.1. The van der Waals surface area contributed by atoms with E-state index in [4.69, 9.17) is 19.3 Å². The van der Waals surface area contributed by atoms with Gasteiger partial charge in [-0.15, -0.1) is 0 Å². The van der Waals surface area contributed by atoms with Crippen LogP contribution in [0, 0.1) is 0 Å². The topological polar surface area (TPSA) is 116 Å². The Morgan fingerprint density at radius 3 is 1.33 bits per heavy atom. The van der Waals surface area contributed by atoms with Crippen molar-refractivity contribution in [3.05, 3.63) is 69.8 Å². The normalized spacial score (nSPS) is 10.5. The SMILES string of the molecule is COC(=O)c1cc(/C=C/c2cc(C(=O)OC)cc(C(=O)OC)c2)cc(C(=O)CO)c1. The molecule has 8 heteroatoms. The Bertz CT molecular complexity index is 870. The first-order valence-electron chi connectivity index (χ1n) is 8.70. The maximum atomic E-state index is 11.9. The van der Waals surface area contributed by atoms with E-state index in [9.17, 15) is 19.2 Å². The molecule has 2 aromatic carbocycles. The molecule has 0 radical (unpaired) electrons. The van der Waals surface area contributed by atoms with E-state index >= 15 is 0 Å². The molecule has 0 unspecified atom stereocenters. The lowest BCUT2D eigenvalue weighted by molar-refractivity contribution is 0.0587. The fraction of sp³-hybridized carbons (Fsp3) is 0.182. The van der Waals surface area contributed by atoms with Crippen molar-refractivity contribution < 1.29 is 38.5 Å². The van der Waals surface area contributed by atoms with Crippen LogP contribution in [0.2, 0.25) is 0 Å². The van der Waals surface area contributed by atoms with E-state index in [-0.39, 0.29) is 22.3 Å². The van der Waals surface area contributed by atoms with Gasteiger partial charge in [0.25, 0.3) is 0 Å². The summed E-state index contributed by atoms with van der Waals surface area (Å²) in [5.74, 6) is -2.45. The summed E-state index contributed by atoms with van der Waals surface area (Å²) in [6, 6.07) is 8.70. The van der Waals surface area contributed by atoms with E-state index < -0.39 is 30.3 Å². The molecule has 0 amide bonds. The highest BCUT2D eigenvalue weighted by molar-refractivity contribution is 6.01. The van der Waals surface area contributed by atoms with Crippen LogP contribution in [0.5, 0.6) is 0 Å². The molecule has 0 aliphatic heterocycles. The number of benzene rings is 2. The van der Waals surface area contributed by atoms with Gasteiger partial charge in [-0.3, -0.25) is 4.79 Å². The van der Waals surface area contributed by atoms with E-state index in [2.05, 4.69) is 0 Å². The van der Waals surface area contributed by atoms with Crippen molar-refractivity contribution in [1.29, 1.82) is 0 Å². The number of ketones is 1. The third kappa shape index (κ3) is 5.39. The van der Waals surface area contributed by atoms with Crippen LogP contribution in [0.3, 0.4) is 0 Å². The van der Waals surface area contributed by atoms with Crippen molar-refractivity contribution in [2.45, 2.75) is 0 Å². The van der Waals surface area contributed by atoms with E-state index in [1.807, 2.05) is 0 Å². The molecule has 8 nitrogen and oxygen atoms in total. The Balaban J connectivity index is 2.52. The van der Waals surface area contributed by atoms with Crippen molar-refractivity contribution in [1.82, 2.24) is 0 Å². The molecule has 0 bridgehead atoms. The maximum absolute atomic E-state index is 11.9. The fourth-order valence-corrected chi connectivity index (χ4v) is 2.65. The fourth-order valence-electron chi connectivity index (χ4n) is 2.65. The number of aliphatic hydroxyl groups excluding tert-OH is 1. The molecule has 0 heterocycles. The Morgan fingerprint density at radius 2 is 1.00 bits per heavy atom. The minimum atomic E-state index is -0.711. The predicted molar refractivity (Wildman–Crippen MR) is 107 cm³/mol. The highest BCUT2D eigenvalue weighted by Crippen LogP contribution is 2.18. The highest BCUT2D eigenvalue weighted by Gasteiger charge is 2.14. The molecule has 0 saturated carbocycles. The summed E-state index contributed by atoms with van der Waals surface area (Å²) >= 11 is 0. The number of carbonyl (C=O) groups excluding carboxylic acids is 4. The van der Waals surface area contributed by atoms with Crippen molar-refractivity contribution >= 4 is 35.8 Å². The minimum absolute atomic E-state index is 0.134. The molecule has 0 fully saturated rings. The van der Waals surface area contributed by atoms with Gasteiger partial charge in [0.1, 0.15) is 6.61 Å². The average molecular weight is 412 g/mol. The summed E-state index contributed by atoms with van der Waals surface area (Å²) in [6.07, 6.45) is 3.17. The highest BCUT2D eigenvalue weighted by atomic mass is 16.5. The zero-order valence-electron chi connectivity index (χ0n) is 16.6. The molecule has 1 N–H and O–H groups in total. The maximum Gasteiger partial charge on any atom is 0.337 e. The Morgan fingerprint density at radius 1 is 0.667 bits per heavy atom. The summed E-state index contributed by atoms with van der Waals surface area (Å²) in [5.41, 5.74) is 1.53. The van der Waals surface area contributed by atoms with Gasteiger partial charge in [-0.25, -0.2) is 14.4 Å². The van der Waals surface area contributed by atoms with E-state index in [1.54, 1.807) is 12.2 Å². The largest absolute Gasteiger partial charge is 0.465 e. The van der Waals surface area contributed by atoms with Crippen LogP contribution in [-0.4, -0.2) is 56.7 Å². The third-order valence-corrected chi connectivity index (χ3v) is 4.11. The van der Waals surface area contributed by atoms with Crippen LogP contribution in [0.25, 0.3) is 12.2 Å². The first-order valence-corrected chi connectivity index (χ1v) is 8.70. The molecule has 156 valence electrons. The third-order valence-electron chi connectivity index (χ3n) is 4.11. The Labute approximate surface area is 172 Å². The van der Waals surface area contributed by atoms with Gasteiger partial charge in [0.2, 0.25) is 0 Å². The van der Waals surface area contributed by atoms with Crippen LogP contribution in [-0.2, 0) is 14.2 Å². The van der Waals surface area contributed by atoms with Crippen LogP contribution in [0.1, 0.15) is 52.6 Å². The molecule has 0 spiro atoms.